The molecule has 0 spiro atoms. The second-order valence-corrected chi connectivity index (χ2v) is 4.17. The summed E-state index contributed by atoms with van der Waals surface area (Å²) in [6, 6.07) is 1.48. The van der Waals surface area contributed by atoms with Crippen LogP contribution in [0.3, 0.4) is 0 Å². The number of hydrogen-bond donors (Lipinski definition) is 2. The normalized spacial score (nSPS) is 24.2. The van der Waals surface area contributed by atoms with Crippen LogP contribution in [0.5, 0.6) is 0 Å². The van der Waals surface area contributed by atoms with Crippen LogP contribution in [0.1, 0.15) is 12.2 Å². The number of aromatic nitrogens is 1. The van der Waals surface area contributed by atoms with E-state index in [2.05, 4.69) is 15.8 Å². The van der Waals surface area contributed by atoms with Crippen LogP contribution >= 0.6 is 0 Å². The third kappa shape index (κ3) is 2.20. The lowest BCUT2D eigenvalue weighted by Gasteiger charge is -2.29. The maximum absolute atomic E-state index is 13.0. The molecule has 0 aliphatic carbocycles. The second-order valence-electron chi connectivity index (χ2n) is 4.17. The summed E-state index contributed by atoms with van der Waals surface area (Å²) in [4.78, 5) is 11.8. The number of amides is 1. The van der Waals surface area contributed by atoms with Crippen molar-refractivity contribution in [3.05, 3.63) is 18.0 Å². The Morgan fingerprint density at radius 3 is 2.89 bits per heavy atom. The van der Waals surface area contributed by atoms with Crippen LogP contribution in [-0.4, -0.2) is 30.3 Å². The number of rotatable bonds is 3. The van der Waals surface area contributed by atoms with Gasteiger partial charge < -0.3 is 15.2 Å². The van der Waals surface area contributed by atoms with E-state index in [1.54, 1.807) is 0 Å². The third-order valence-corrected chi connectivity index (χ3v) is 3.05. The molecule has 1 aliphatic heterocycles. The lowest BCUT2D eigenvalue weighted by molar-refractivity contribution is -0.216. The summed E-state index contributed by atoms with van der Waals surface area (Å²) in [5.41, 5.74) is -2.34. The minimum atomic E-state index is -4.57. The molecule has 1 aromatic rings. The highest BCUT2D eigenvalue weighted by Gasteiger charge is 2.61. The minimum absolute atomic E-state index is 0.101. The van der Waals surface area contributed by atoms with Gasteiger partial charge in [-0.1, -0.05) is 5.16 Å². The molecule has 18 heavy (non-hydrogen) atoms. The lowest BCUT2D eigenvalue weighted by Crippen LogP contribution is -2.51. The van der Waals surface area contributed by atoms with Gasteiger partial charge in [-0.05, 0) is 13.0 Å². The highest BCUT2D eigenvalue weighted by atomic mass is 19.4. The summed E-state index contributed by atoms with van der Waals surface area (Å²) >= 11 is 0. The Morgan fingerprint density at radius 1 is 1.61 bits per heavy atom. The molecule has 1 fully saturated rings. The van der Waals surface area contributed by atoms with E-state index in [1.807, 2.05) is 0 Å². The zero-order valence-electron chi connectivity index (χ0n) is 9.38. The monoisotopic (exact) mass is 263 g/mol. The van der Waals surface area contributed by atoms with E-state index in [4.69, 9.17) is 4.52 Å². The van der Waals surface area contributed by atoms with Gasteiger partial charge in [0.25, 0.3) is 0 Å². The van der Waals surface area contributed by atoms with Crippen LogP contribution in [0.2, 0.25) is 0 Å². The van der Waals surface area contributed by atoms with Crippen molar-refractivity contribution in [1.82, 2.24) is 15.8 Å². The fourth-order valence-corrected chi connectivity index (χ4v) is 1.93. The number of nitrogens with zero attached hydrogens (tertiary/aromatic N) is 1. The van der Waals surface area contributed by atoms with Gasteiger partial charge in [0, 0.05) is 12.6 Å². The zero-order valence-corrected chi connectivity index (χ0v) is 9.38. The summed E-state index contributed by atoms with van der Waals surface area (Å²) in [5, 5.41) is 8.22. The van der Waals surface area contributed by atoms with Crippen LogP contribution in [-0.2, 0) is 11.3 Å². The van der Waals surface area contributed by atoms with E-state index in [1.165, 1.54) is 12.3 Å². The fraction of sp³-hybridized carbons (Fsp3) is 0.600. The highest BCUT2D eigenvalue weighted by molar-refractivity contribution is 5.84. The Labute approximate surface area is 101 Å². The molecule has 100 valence electrons. The quantitative estimate of drug-likeness (QED) is 0.847. The molecule has 2 rings (SSSR count). The average molecular weight is 263 g/mol. The minimum Gasteiger partial charge on any atom is -0.360 e. The maximum atomic E-state index is 13.0. The molecule has 1 amide bonds. The summed E-state index contributed by atoms with van der Waals surface area (Å²) in [6.07, 6.45) is -3.46. The van der Waals surface area contributed by atoms with Gasteiger partial charge in [0.05, 0.1) is 12.7 Å². The number of halogens is 3. The van der Waals surface area contributed by atoms with Crippen molar-refractivity contribution in [1.29, 1.82) is 0 Å². The fourth-order valence-electron chi connectivity index (χ4n) is 1.93. The van der Waals surface area contributed by atoms with Crippen molar-refractivity contribution in [3.63, 3.8) is 0 Å². The molecule has 0 saturated carbocycles. The first kappa shape index (κ1) is 12.9. The molecule has 1 aromatic heterocycles. The summed E-state index contributed by atoms with van der Waals surface area (Å²) in [7, 11) is 0. The Morgan fingerprint density at radius 2 is 2.39 bits per heavy atom. The van der Waals surface area contributed by atoms with Gasteiger partial charge in [0.15, 0.2) is 11.2 Å². The van der Waals surface area contributed by atoms with E-state index in [0.29, 0.717) is 5.76 Å². The van der Waals surface area contributed by atoms with E-state index in [9.17, 15) is 18.0 Å². The van der Waals surface area contributed by atoms with Gasteiger partial charge in [-0.25, -0.2) is 0 Å². The largest absolute Gasteiger partial charge is 0.404 e. The number of nitrogens with one attached hydrogen (secondary N) is 2. The first-order valence-electron chi connectivity index (χ1n) is 5.41. The Kier molecular flexibility index (Phi) is 3.29. The van der Waals surface area contributed by atoms with Crippen LogP contribution in [0, 0.1) is 5.41 Å². The number of alkyl halides is 3. The third-order valence-electron chi connectivity index (χ3n) is 3.05. The van der Waals surface area contributed by atoms with Crippen molar-refractivity contribution >= 4 is 5.91 Å². The molecule has 1 aliphatic rings. The summed E-state index contributed by atoms with van der Waals surface area (Å²) in [5.74, 6) is -0.719. The molecule has 0 radical (unpaired) electrons. The number of hydrogen-bond acceptors (Lipinski definition) is 4. The number of carbonyl (C=O) groups is 1. The number of carbonyl (C=O) groups excluding carboxylic acids is 1. The topological polar surface area (TPSA) is 67.2 Å². The first-order chi connectivity index (χ1) is 8.46. The lowest BCUT2D eigenvalue weighted by atomic mass is 9.85. The smallest absolute Gasteiger partial charge is 0.360 e. The van der Waals surface area contributed by atoms with Crippen molar-refractivity contribution in [2.24, 2.45) is 5.41 Å². The van der Waals surface area contributed by atoms with E-state index >= 15 is 0 Å². The predicted molar refractivity (Wildman–Crippen MR) is 54.3 cm³/mol. The molecule has 1 atom stereocenters. The van der Waals surface area contributed by atoms with Crippen LogP contribution in [0.25, 0.3) is 0 Å². The molecule has 0 bridgehead atoms. The standard InChI is InChI=1S/C10H12F3N3O2/c11-10(12,13)9(2-4-14-6-9)8(17)15-5-7-1-3-16-18-7/h1,3,14H,2,4-6H2,(H,15,17). The highest BCUT2D eigenvalue weighted by Crippen LogP contribution is 2.43. The average Bonchev–Trinajstić information content (AvgIpc) is 2.96. The van der Waals surface area contributed by atoms with Gasteiger partial charge in [-0.15, -0.1) is 0 Å². The van der Waals surface area contributed by atoms with Gasteiger partial charge in [-0.2, -0.15) is 13.2 Å². The molecule has 1 unspecified atom stereocenters. The predicted octanol–water partition coefficient (Wildman–Crippen LogP) is 0.833. The van der Waals surface area contributed by atoms with E-state index < -0.39 is 24.0 Å². The molecule has 2 N–H and O–H groups in total. The van der Waals surface area contributed by atoms with Gasteiger partial charge in [0.1, 0.15) is 0 Å². The maximum Gasteiger partial charge on any atom is 0.404 e. The molecular formula is C10H12F3N3O2. The van der Waals surface area contributed by atoms with Gasteiger partial charge in [0.2, 0.25) is 5.91 Å². The van der Waals surface area contributed by atoms with Gasteiger partial charge >= 0.3 is 6.18 Å². The van der Waals surface area contributed by atoms with E-state index in [0.717, 1.165) is 0 Å². The zero-order chi connectivity index (χ0) is 13.2. The van der Waals surface area contributed by atoms with Gasteiger partial charge in [-0.3, -0.25) is 4.79 Å². The van der Waals surface area contributed by atoms with Crippen LogP contribution in [0.15, 0.2) is 16.8 Å². The Balaban J connectivity index is 2.05. The summed E-state index contributed by atoms with van der Waals surface area (Å²) < 4.78 is 43.7. The summed E-state index contributed by atoms with van der Waals surface area (Å²) in [6.45, 7) is -0.315. The Hall–Kier alpha value is -1.57. The van der Waals surface area contributed by atoms with Crippen molar-refractivity contribution in [2.45, 2.75) is 19.1 Å². The molecule has 0 aromatic carbocycles. The van der Waals surface area contributed by atoms with Crippen molar-refractivity contribution in [2.75, 3.05) is 13.1 Å². The SMILES string of the molecule is O=C(NCc1ccno1)C1(C(F)(F)F)CCNC1. The van der Waals surface area contributed by atoms with Crippen LogP contribution in [0.4, 0.5) is 13.2 Å². The van der Waals surface area contributed by atoms with Crippen molar-refractivity contribution < 1.29 is 22.5 Å². The Bertz CT molecular complexity index is 411. The van der Waals surface area contributed by atoms with Crippen LogP contribution < -0.4 is 10.6 Å². The molecule has 8 heteroatoms. The first-order valence-corrected chi connectivity index (χ1v) is 5.41. The molecule has 5 nitrogen and oxygen atoms in total. The molecular weight excluding hydrogens is 251 g/mol. The second kappa shape index (κ2) is 4.60. The molecule has 1 saturated heterocycles. The molecule has 2 heterocycles. The van der Waals surface area contributed by atoms with E-state index in [-0.39, 0.29) is 19.5 Å². The van der Waals surface area contributed by atoms with Crippen molar-refractivity contribution in [3.8, 4) is 0 Å².